The standard InChI is InChI=1S/C29H32N8O4S/c1-17-6-10-23(42-17)25(26-31-32-33-37(26)18-4-2-3-5-18)35-14-12-34(13-15-35)19-7-8-20-21(16-19)29(41)36(28(20)40)22-9-11-24(38)30-27(22)39/h6-8,10,16,18,22,25H,2-5,9,11-15H2,1H3,(H,30,38,39). The molecule has 1 aliphatic carbocycles. The predicted octanol–water partition coefficient (Wildman–Crippen LogP) is 2.47. The fourth-order valence-electron chi connectivity index (χ4n) is 6.75. The van der Waals surface area contributed by atoms with Gasteiger partial charge in [-0.05, 0) is 66.9 Å². The van der Waals surface area contributed by atoms with Crippen LogP contribution in [0.5, 0.6) is 0 Å². The number of piperazine rings is 1. The number of hydrogen-bond donors (Lipinski definition) is 1. The van der Waals surface area contributed by atoms with Gasteiger partial charge in [-0.3, -0.25) is 34.3 Å². The summed E-state index contributed by atoms with van der Waals surface area (Å²) in [5.74, 6) is -1.08. The quantitative estimate of drug-likeness (QED) is 0.431. The van der Waals surface area contributed by atoms with E-state index in [1.807, 2.05) is 6.07 Å². The summed E-state index contributed by atoms with van der Waals surface area (Å²) in [5, 5.41) is 15.3. The summed E-state index contributed by atoms with van der Waals surface area (Å²) >= 11 is 1.78. The number of fused-ring (bicyclic) bond motifs is 1. The molecule has 0 radical (unpaired) electrons. The van der Waals surface area contributed by atoms with Crippen molar-refractivity contribution in [1.82, 2.24) is 35.3 Å². The van der Waals surface area contributed by atoms with E-state index in [-0.39, 0.29) is 24.8 Å². The van der Waals surface area contributed by atoms with Crippen LogP contribution in [0.3, 0.4) is 0 Å². The molecule has 4 aliphatic rings. The van der Waals surface area contributed by atoms with E-state index in [9.17, 15) is 19.2 Å². The molecule has 12 nitrogen and oxygen atoms in total. The molecule has 1 aromatic carbocycles. The maximum absolute atomic E-state index is 13.3. The van der Waals surface area contributed by atoms with E-state index in [0.717, 1.165) is 55.4 Å². The van der Waals surface area contributed by atoms with Gasteiger partial charge in [0.05, 0.1) is 17.2 Å². The van der Waals surface area contributed by atoms with Gasteiger partial charge < -0.3 is 4.90 Å². The van der Waals surface area contributed by atoms with Crippen LogP contribution >= 0.6 is 11.3 Å². The number of tetrazole rings is 1. The lowest BCUT2D eigenvalue weighted by Gasteiger charge is -2.39. The summed E-state index contributed by atoms with van der Waals surface area (Å²) < 4.78 is 2.05. The van der Waals surface area contributed by atoms with Crippen molar-refractivity contribution in [3.8, 4) is 0 Å². The van der Waals surface area contributed by atoms with Gasteiger partial charge in [-0.2, -0.15) is 0 Å². The SMILES string of the molecule is Cc1ccc(C(c2nnnn2C2CCCC2)N2CCN(c3ccc4c(c3)C(=O)N(C3CCC(=O)NC3=O)C4=O)CC2)s1. The average molecular weight is 589 g/mol. The lowest BCUT2D eigenvalue weighted by Crippen LogP contribution is -2.54. The van der Waals surface area contributed by atoms with E-state index in [0.29, 0.717) is 17.2 Å². The number of nitrogens with one attached hydrogen (secondary N) is 1. The van der Waals surface area contributed by atoms with Crippen molar-refractivity contribution in [2.75, 3.05) is 31.1 Å². The zero-order chi connectivity index (χ0) is 29.0. The van der Waals surface area contributed by atoms with E-state index in [1.165, 1.54) is 22.6 Å². The number of piperidine rings is 1. The van der Waals surface area contributed by atoms with Gasteiger partial charge in [0, 0.05) is 48.0 Å². The number of carbonyl (C=O) groups excluding carboxylic acids is 4. The summed E-state index contributed by atoms with van der Waals surface area (Å²) in [6.45, 7) is 5.11. The van der Waals surface area contributed by atoms with Gasteiger partial charge in [0.1, 0.15) is 12.1 Å². The number of hydrogen-bond acceptors (Lipinski definition) is 10. The Bertz CT molecular complexity index is 1570. The molecule has 0 bridgehead atoms. The smallest absolute Gasteiger partial charge is 0.262 e. The van der Waals surface area contributed by atoms with E-state index in [2.05, 4.69) is 54.4 Å². The fraction of sp³-hybridized carbons (Fsp3) is 0.483. The number of imide groups is 2. The summed E-state index contributed by atoms with van der Waals surface area (Å²) in [7, 11) is 0. The van der Waals surface area contributed by atoms with Crippen molar-refractivity contribution < 1.29 is 19.2 Å². The summed E-state index contributed by atoms with van der Waals surface area (Å²) in [6, 6.07) is 8.97. The zero-order valence-electron chi connectivity index (χ0n) is 23.4. The first kappa shape index (κ1) is 26.9. The molecule has 1 N–H and O–H groups in total. The van der Waals surface area contributed by atoms with Crippen LogP contribution in [0.4, 0.5) is 5.69 Å². The number of aryl methyl sites for hydroxylation is 1. The number of rotatable bonds is 6. The monoisotopic (exact) mass is 588 g/mol. The van der Waals surface area contributed by atoms with Crippen LogP contribution in [-0.4, -0.2) is 85.9 Å². The highest BCUT2D eigenvalue weighted by Gasteiger charge is 2.45. The molecule has 2 aromatic heterocycles. The Morgan fingerprint density at radius 2 is 1.69 bits per heavy atom. The van der Waals surface area contributed by atoms with E-state index < -0.39 is 23.8 Å². The summed E-state index contributed by atoms with van der Waals surface area (Å²) in [4.78, 5) is 58.6. The van der Waals surface area contributed by atoms with Gasteiger partial charge in [0.25, 0.3) is 11.8 Å². The van der Waals surface area contributed by atoms with Crippen molar-refractivity contribution in [2.24, 2.45) is 0 Å². The Labute approximate surface area is 246 Å². The van der Waals surface area contributed by atoms with Gasteiger partial charge in [-0.1, -0.05) is 12.8 Å². The first-order valence-electron chi connectivity index (χ1n) is 14.6. The maximum Gasteiger partial charge on any atom is 0.262 e. The highest BCUT2D eigenvalue weighted by Crippen LogP contribution is 2.37. The van der Waals surface area contributed by atoms with Crippen LogP contribution in [0.25, 0.3) is 0 Å². The van der Waals surface area contributed by atoms with Gasteiger partial charge in [0.2, 0.25) is 11.8 Å². The number of anilines is 1. The second kappa shape index (κ2) is 10.7. The molecular formula is C29H32N8O4S. The number of carbonyl (C=O) groups is 4. The third kappa shape index (κ3) is 4.60. The van der Waals surface area contributed by atoms with Gasteiger partial charge in [-0.15, -0.1) is 16.4 Å². The Kier molecular flexibility index (Phi) is 6.85. The second-order valence-electron chi connectivity index (χ2n) is 11.5. The molecule has 3 fully saturated rings. The van der Waals surface area contributed by atoms with Crippen LogP contribution in [0, 0.1) is 6.92 Å². The van der Waals surface area contributed by atoms with Crippen molar-refractivity contribution in [1.29, 1.82) is 0 Å². The first-order chi connectivity index (χ1) is 20.4. The molecule has 2 unspecified atom stereocenters. The molecule has 1 saturated carbocycles. The summed E-state index contributed by atoms with van der Waals surface area (Å²) in [5.41, 5.74) is 1.45. The summed E-state index contributed by atoms with van der Waals surface area (Å²) in [6.07, 6.45) is 4.83. The largest absolute Gasteiger partial charge is 0.369 e. The predicted molar refractivity (Wildman–Crippen MR) is 153 cm³/mol. The Hall–Kier alpha value is -3.97. The lowest BCUT2D eigenvalue weighted by molar-refractivity contribution is -0.136. The number of amides is 4. The second-order valence-corrected chi connectivity index (χ2v) is 12.8. The Morgan fingerprint density at radius 3 is 2.40 bits per heavy atom. The molecule has 0 spiro atoms. The van der Waals surface area contributed by atoms with Crippen LogP contribution in [0.1, 0.15) is 86.9 Å². The van der Waals surface area contributed by atoms with E-state index >= 15 is 0 Å². The number of benzene rings is 1. The normalized spacial score (nSPS) is 22.6. The topological polar surface area (TPSA) is 134 Å². The van der Waals surface area contributed by atoms with Gasteiger partial charge >= 0.3 is 0 Å². The highest BCUT2D eigenvalue weighted by molar-refractivity contribution is 7.12. The number of aromatic nitrogens is 4. The highest BCUT2D eigenvalue weighted by atomic mass is 32.1. The molecule has 3 aromatic rings. The maximum atomic E-state index is 13.3. The molecule has 3 aliphatic heterocycles. The van der Waals surface area contributed by atoms with Crippen LogP contribution in [-0.2, 0) is 9.59 Å². The molecule has 42 heavy (non-hydrogen) atoms. The van der Waals surface area contributed by atoms with Crippen LogP contribution < -0.4 is 10.2 Å². The van der Waals surface area contributed by atoms with Crippen molar-refractivity contribution in [2.45, 2.75) is 63.6 Å². The van der Waals surface area contributed by atoms with Gasteiger partial charge in [-0.25, -0.2) is 4.68 Å². The van der Waals surface area contributed by atoms with E-state index in [4.69, 9.17) is 0 Å². The minimum atomic E-state index is -0.972. The minimum Gasteiger partial charge on any atom is -0.369 e. The molecule has 4 amide bonds. The van der Waals surface area contributed by atoms with Crippen LogP contribution in [0.2, 0.25) is 0 Å². The zero-order valence-corrected chi connectivity index (χ0v) is 24.2. The lowest BCUT2D eigenvalue weighted by atomic mass is 10.0. The number of thiophene rings is 1. The Balaban J connectivity index is 1.10. The van der Waals surface area contributed by atoms with Crippen LogP contribution in [0.15, 0.2) is 30.3 Å². The first-order valence-corrected chi connectivity index (χ1v) is 15.4. The van der Waals surface area contributed by atoms with E-state index in [1.54, 1.807) is 23.5 Å². The van der Waals surface area contributed by atoms with Gasteiger partial charge in [0.15, 0.2) is 5.82 Å². The molecular weight excluding hydrogens is 556 g/mol. The molecule has 2 saturated heterocycles. The average Bonchev–Trinajstić information content (AvgIpc) is 3.80. The van der Waals surface area contributed by atoms with Crippen molar-refractivity contribution in [3.05, 3.63) is 57.0 Å². The Morgan fingerprint density at radius 1 is 0.929 bits per heavy atom. The number of nitrogens with zero attached hydrogens (tertiary/aromatic N) is 7. The molecule has 5 heterocycles. The fourth-order valence-corrected chi connectivity index (χ4v) is 7.76. The van der Waals surface area contributed by atoms with Crippen molar-refractivity contribution >= 4 is 40.7 Å². The minimum absolute atomic E-state index is 0.0391. The third-order valence-electron chi connectivity index (χ3n) is 8.93. The molecule has 218 valence electrons. The molecule has 7 rings (SSSR count). The molecule has 13 heteroatoms. The third-order valence-corrected chi connectivity index (χ3v) is 9.99. The molecule has 2 atom stereocenters. The van der Waals surface area contributed by atoms with Crippen molar-refractivity contribution in [3.63, 3.8) is 0 Å².